The summed E-state index contributed by atoms with van der Waals surface area (Å²) in [7, 11) is 1.84. The maximum atomic E-state index is 13.4. The van der Waals surface area contributed by atoms with Crippen LogP contribution in [0.3, 0.4) is 0 Å². The normalized spacial score (nSPS) is 11.5. The van der Waals surface area contributed by atoms with Crippen LogP contribution in [0, 0.1) is 11.2 Å². The van der Waals surface area contributed by atoms with Gasteiger partial charge in [0.1, 0.15) is 11.6 Å². The third-order valence-electron chi connectivity index (χ3n) is 7.30. The lowest BCUT2D eigenvalue weighted by atomic mass is 10.0. The first kappa shape index (κ1) is 33.9. The summed E-state index contributed by atoms with van der Waals surface area (Å²) in [6, 6.07) is 19.2. The molecule has 6 nitrogen and oxygen atoms in total. The molecule has 11 heteroatoms. The summed E-state index contributed by atoms with van der Waals surface area (Å²) in [6.45, 7) is 7.53. The van der Waals surface area contributed by atoms with Crippen molar-refractivity contribution in [3.63, 3.8) is 0 Å². The maximum absolute atomic E-state index is 13.4. The lowest BCUT2D eigenvalue weighted by Crippen LogP contribution is -2.30. The molecule has 0 saturated heterocycles. The monoisotopic (exact) mass is 638 g/mol. The van der Waals surface area contributed by atoms with Gasteiger partial charge < -0.3 is 14.8 Å². The van der Waals surface area contributed by atoms with Crippen molar-refractivity contribution in [1.29, 1.82) is 5.41 Å². The Hall–Kier alpha value is -3.96. The SMILES string of the molecule is CCCC(=C(C)C)N(Cc1nnc(CNC)n1Cc1ccc(-c2ccc(C(F)(F)F)cc2)cc1)C(=N)SCc1ccc(F)cc1. The van der Waals surface area contributed by atoms with Crippen LogP contribution in [0.15, 0.2) is 84.1 Å². The van der Waals surface area contributed by atoms with Gasteiger partial charge in [-0.3, -0.25) is 5.41 Å². The van der Waals surface area contributed by atoms with Gasteiger partial charge in [0.2, 0.25) is 0 Å². The number of rotatable bonds is 12. The molecule has 4 aromatic rings. The number of alkyl halides is 3. The number of benzene rings is 3. The van der Waals surface area contributed by atoms with Crippen LogP contribution in [0.1, 0.15) is 62.0 Å². The third-order valence-corrected chi connectivity index (χ3v) is 8.27. The quantitative estimate of drug-likeness (QED) is 0.0924. The Morgan fingerprint density at radius 1 is 0.889 bits per heavy atom. The van der Waals surface area contributed by atoms with Crippen molar-refractivity contribution < 1.29 is 17.6 Å². The summed E-state index contributed by atoms with van der Waals surface area (Å²) >= 11 is 1.38. The van der Waals surface area contributed by atoms with Gasteiger partial charge in [-0.25, -0.2) is 4.39 Å². The minimum absolute atomic E-state index is 0.291. The smallest absolute Gasteiger partial charge is 0.318 e. The van der Waals surface area contributed by atoms with E-state index in [1.54, 1.807) is 12.1 Å². The number of halogens is 4. The van der Waals surface area contributed by atoms with E-state index in [2.05, 4.69) is 22.4 Å². The number of nitrogens with zero attached hydrogens (tertiary/aromatic N) is 4. The van der Waals surface area contributed by atoms with E-state index < -0.39 is 11.7 Å². The maximum Gasteiger partial charge on any atom is 0.416 e. The summed E-state index contributed by atoms with van der Waals surface area (Å²) in [5.74, 6) is 1.69. The fourth-order valence-corrected chi connectivity index (χ4v) is 5.76. The largest absolute Gasteiger partial charge is 0.416 e. The summed E-state index contributed by atoms with van der Waals surface area (Å²) in [5, 5.41) is 21.6. The van der Waals surface area contributed by atoms with Crippen LogP contribution in [0.5, 0.6) is 0 Å². The van der Waals surface area contributed by atoms with Crippen molar-refractivity contribution in [2.24, 2.45) is 0 Å². The van der Waals surface area contributed by atoms with E-state index in [4.69, 9.17) is 5.41 Å². The van der Waals surface area contributed by atoms with Crippen molar-refractivity contribution in [3.8, 4) is 11.1 Å². The molecule has 0 atom stereocenters. The average Bonchev–Trinajstić information content (AvgIpc) is 3.38. The molecule has 0 aliphatic carbocycles. The van der Waals surface area contributed by atoms with E-state index in [9.17, 15) is 17.6 Å². The molecular formula is C34H38F4N6S. The Morgan fingerprint density at radius 2 is 1.47 bits per heavy atom. The Balaban J connectivity index is 1.58. The fraction of sp³-hybridized carbons (Fsp3) is 0.324. The molecule has 238 valence electrons. The number of thioether (sulfide) groups is 1. The Morgan fingerprint density at radius 3 is 2.02 bits per heavy atom. The van der Waals surface area contributed by atoms with E-state index in [1.165, 1.54) is 36.0 Å². The standard InChI is InChI=1S/C34H38F4N6S/c1-5-6-30(23(2)3)43(33(39)45-22-25-9-17-29(35)18-10-25)21-32-42-41-31(19-40-4)44(32)20-24-7-11-26(12-8-24)27-13-15-28(16-14-27)34(36,37)38/h7-18,39-40H,5-6,19-22H2,1-4H3. The Labute approximate surface area is 266 Å². The van der Waals surface area contributed by atoms with E-state index in [-0.39, 0.29) is 5.82 Å². The summed E-state index contributed by atoms with van der Waals surface area (Å²) in [5.41, 5.74) is 4.92. The van der Waals surface area contributed by atoms with Gasteiger partial charge in [0.05, 0.1) is 25.2 Å². The van der Waals surface area contributed by atoms with Crippen LogP contribution < -0.4 is 5.32 Å². The second kappa shape index (κ2) is 15.4. The molecule has 45 heavy (non-hydrogen) atoms. The van der Waals surface area contributed by atoms with Crippen LogP contribution in [-0.4, -0.2) is 31.9 Å². The van der Waals surface area contributed by atoms with Gasteiger partial charge in [0, 0.05) is 11.4 Å². The Bertz CT molecular complexity index is 1590. The predicted octanol–water partition coefficient (Wildman–Crippen LogP) is 8.63. The van der Waals surface area contributed by atoms with E-state index in [0.717, 1.165) is 58.8 Å². The highest BCUT2D eigenvalue weighted by molar-refractivity contribution is 8.13. The van der Waals surface area contributed by atoms with Gasteiger partial charge in [-0.2, -0.15) is 13.2 Å². The van der Waals surface area contributed by atoms with E-state index in [1.807, 2.05) is 54.6 Å². The van der Waals surface area contributed by atoms with Crippen molar-refractivity contribution in [2.75, 3.05) is 7.05 Å². The highest BCUT2D eigenvalue weighted by Crippen LogP contribution is 2.31. The zero-order chi connectivity index (χ0) is 32.6. The highest BCUT2D eigenvalue weighted by Gasteiger charge is 2.30. The number of amidine groups is 1. The second-order valence-corrected chi connectivity index (χ2v) is 11.9. The van der Waals surface area contributed by atoms with Gasteiger partial charge >= 0.3 is 6.18 Å². The first-order chi connectivity index (χ1) is 21.5. The minimum atomic E-state index is -4.37. The summed E-state index contributed by atoms with van der Waals surface area (Å²) in [6.07, 6.45) is -2.66. The molecule has 0 unspecified atom stereocenters. The van der Waals surface area contributed by atoms with Gasteiger partial charge in [-0.15, -0.1) is 10.2 Å². The zero-order valence-corrected chi connectivity index (χ0v) is 26.7. The molecule has 1 heterocycles. The van der Waals surface area contributed by atoms with Crippen molar-refractivity contribution in [2.45, 2.75) is 65.2 Å². The summed E-state index contributed by atoms with van der Waals surface area (Å²) in [4.78, 5) is 1.99. The van der Waals surface area contributed by atoms with E-state index in [0.29, 0.717) is 41.9 Å². The van der Waals surface area contributed by atoms with Crippen LogP contribution in [0.2, 0.25) is 0 Å². The van der Waals surface area contributed by atoms with Crippen LogP contribution >= 0.6 is 11.8 Å². The minimum Gasteiger partial charge on any atom is -0.318 e. The molecule has 4 rings (SSSR count). The number of allylic oxidation sites excluding steroid dienone is 2. The lowest BCUT2D eigenvalue weighted by Gasteiger charge is -2.28. The highest BCUT2D eigenvalue weighted by atomic mass is 32.2. The number of hydrogen-bond donors (Lipinski definition) is 2. The number of hydrogen-bond acceptors (Lipinski definition) is 5. The molecular weight excluding hydrogens is 600 g/mol. The molecule has 2 N–H and O–H groups in total. The molecule has 0 aliphatic heterocycles. The van der Waals surface area contributed by atoms with E-state index >= 15 is 0 Å². The van der Waals surface area contributed by atoms with Crippen LogP contribution in [0.25, 0.3) is 11.1 Å². The van der Waals surface area contributed by atoms with Gasteiger partial charge in [0.15, 0.2) is 11.0 Å². The third kappa shape index (κ3) is 9.04. The molecule has 0 spiro atoms. The zero-order valence-electron chi connectivity index (χ0n) is 25.9. The predicted molar refractivity (Wildman–Crippen MR) is 173 cm³/mol. The molecule has 3 aromatic carbocycles. The first-order valence-corrected chi connectivity index (χ1v) is 15.7. The number of aromatic nitrogens is 3. The average molecular weight is 639 g/mol. The molecule has 1 aromatic heterocycles. The molecule has 0 fully saturated rings. The van der Waals surface area contributed by atoms with Crippen molar-refractivity contribution in [1.82, 2.24) is 25.0 Å². The first-order valence-electron chi connectivity index (χ1n) is 14.7. The molecule has 0 amide bonds. The van der Waals surface area contributed by atoms with Gasteiger partial charge in [-0.1, -0.05) is 79.2 Å². The lowest BCUT2D eigenvalue weighted by molar-refractivity contribution is -0.137. The van der Waals surface area contributed by atoms with Crippen LogP contribution in [0.4, 0.5) is 17.6 Å². The molecule has 0 aliphatic rings. The Kier molecular flexibility index (Phi) is 11.6. The molecule has 0 radical (unpaired) electrons. The van der Waals surface area contributed by atoms with Gasteiger partial charge in [-0.05, 0) is 73.8 Å². The second-order valence-electron chi connectivity index (χ2n) is 10.9. The van der Waals surface area contributed by atoms with Crippen molar-refractivity contribution >= 4 is 16.9 Å². The molecule has 0 saturated carbocycles. The fourth-order valence-electron chi connectivity index (χ4n) is 4.93. The van der Waals surface area contributed by atoms with Crippen molar-refractivity contribution in [3.05, 3.63) is 118 Å². The topological polar surface area (TPSA) is 69.8 Å². The summed E-state index contributed by atoms with van der Waals surface area (Å²) < 4.78 is 54.4. The van der Waals surface area contributed by atoms with Gasteiger partial charge in [0.25, 0.3) is 0 Å². The number of nitrogens with one attached hydrogen (secondary N) is 2. The molecule has 0 bridgehead atoms. The van der Waals surface area contributed by atoms with Crippen LogP contribution in [-0.2, 0) is 31.6 Å².